The molecule has 0 bridgehead atoms. The van der Waals surface area contributed by atoms with Gasteiger partial charge in [-0.2, -0.15) is 0 Å². The monoisotopic (exact) mass is 190 g/mol. The Balaban J connectivity index is 2.07. The van der Waals surface area contributed by atoms with Crippen LogP contribution in [0.15, 0.2) is 0 Å². The van der Waals surface area contributed by atoms with E-state index in [9.17, 15) is 5.11 Å². The summed E-state index contributed by atoms with van der Waals surface area (Å²) >= 11 is 0. The van der Waals surface area contributed by atoms with Crippen LogP contribution in [0.25, 0.3) is 0 Å². The van der Waals surface area contributed by atoms with Crippen LogP contribution in [0.4, 0.5) is 0 Å². The minimum Gasteiger partial charge on any atom is -0.394 e. The predicted octanol–water partition coefficient (Wildman–Crippen LogP) is -0.784. The molecule has 0 aliphatic carbocycles. The van der Waals surface area contributed by atoms with Crippen LogP contribution in [-0.4, -0.2) is 47.2 Å². The number of aliphatic hydroxyl groups excluding tert-OH is 2. The molecule has 5 heteroatoms. The molecule has 0 spiro atoms. The summed E-state index contributed by atoms with van der Waals surface area (Å²) in [6.07, 6.45) is -2.43. The van der Waals surface area contributed by atoms with E-state index in [1.54, 1.807) is 13.8 Å². The molecular weight excluding hydrogens is 176 g/mol. The molecule has 0 saturated carbocycles. The van der Waals surface area contributed by atoms with Crippen molar-refractivity contribution in [1.82, 2.24) is 0 Å². The van der Waals surface area contributed by atoms with Gasteiger partial charge in [-0.3, -0.25) is 0 Å². The summed E-state index contributed by atoms with van der Waals surface area (Å²) in [6.45, 7) is 3.30. The highest BCUT2D eigenvalue weighted by Gasteiger charge is 2.53. The maximum absolute atomic E-state index is 9.60. The number of hydrogen-bond acceptors (Lipinski definition) is 5. The minimum absolute atomic E-state index is 0.221. The highest BCUT2D eigenvalue weighted by Crippen LogP contribution is 2.36. The molecule has 2 rings (SSSR count). The normalized spacial score (nSPS) is 48.0. The van der Waals surface area contributed by atoms with Gasteiger partial charge >= 0.3 is 0 Å². The lowest BCUT2D eigenvalue weighted by Gasteiger charge is -2.21. The molecule has 0 amide bonds. The van der Waals surface area contributed by atoms with E-state index in [-0.39, 0.29) is 6.61 Å². The van der Waals surface area contributed by atoms with Crippen LogP contribution < -0.4 is 0 Å². The molecule has 2 aliphatic rings. The van der Waals surface area contributed by atoms with E-state index in [2.05, 4.69) is 0 Å². The lowest BCUT2D eigenvalue weighted by molar-refractivity contribution is -0.218. The summed E-state index contributed by atoms with van der Waals surface area (Å²) < 4.78 is 16.0. The van der Waals surface area contributed by atoms with Gasteiger partial charge in [0.05, 0.1) is 6.61 Å². The number of fused-ring (bicyclic) bond motifs is 1. The molecule has 0 aromatic rings. The highest BCUT2D eigenvalue weighted by atomic mass is 16.8. The Labute approximate surface area is 76.2 Å². The van der Waals surface area contributed by atoms with Gasteiger partial charge < -0.3 is 24.4 Å². The van der Waals surface area contributed by atoms with E-state index in [0.29, 0.717) is 0 Å². The van der Waals surface area contributed by atoms with Crippen molar-refractivity contribution in [3.63, 3.8) is 0 Å². The van der Waals surface area contributed by atoms with Gasteiger partial charge in [0.25, 0.3) is 0 Å². The first-order valence-electron chi connectivity index (χ1n) is 4.33. The molecule has 0 aromatic heterocycles. The number of ether oxygens (including phenoxy) is 3. The first-order chi connectivity index (χ1) is 6.03. The third kappa shape index (κ3) is 1.47. The van der Waals surface area contributed by atoms with Gasteiger partial charge in [0.2, 0.25) is 0 Å². The van der Waals surface area contributed by atoms with Crippen molar-refractivity contribution in [2.75, 3.05) is 6.61 Å². The quantitative estimate of drug-likeness (QED) is 0.567. The van der Waals surface area contributed by atoms with Crippen molar-refractivity contribution < 1.29 is 24.4 Å². The molecule has 2 saturated heterocycles. The zero-order valence-electron chi connectivity index (χ0n) is 7.64. The molecule has 4 atom stereocenters. The summed E-state index contributed by atoms with van der Waals surface area (Å²) in [5.74, 6) is -0.712. The zero-order valence-corrected chi connectivity index (χ0v) is 7.64. The SMILES string of the molecule is CC1(C)OC2OC(CO)C(O)C2O1. The summed E-state index contributed by atoms with van der Waals surface area (Å²) in [6, 6.07) is 0. The van der Waals surface area contributed by atoms with Gasteiger partial charge in [-0.15, -0.1) is 0 Å². The Bertz CT molecular complexity index is 205. The average molecular weight is 190 g/mol. The topological polar surface area (TPSA) is 68.2 Å². The summed E-state index contributed by atoms with van der Waals surface area (Å²) in [5.41, 5.74) is 0. The first kappa shape index (κ1) is 9.36. The van der Waals surface area contributed by atoms with Crippen LogP contribution in [0.2, 0.25) is 0 Å². The average Bonchev–Trinajstić information content (AvgIpc) is 2.47. The molecule has 2 N–H and O–H groups in total. The van der Waals surface area contributed by atoms with Crippen LogP contribution in [0, 0.1) is 0 Å². The fourth-order valence-electron chi connectivity index (χ4n) is 1.71. The third-order valence-electron chi connectivity index (χ3n) is 2.29. The minimum atomic E-state index is -0.809. The first-order valence-corrected chi connectivity index (χ1v) is 4.33. The Hall–Kier alpha value is -0.200. The molecule has 2 fully saturated rings. The predicted molar refractivity (Wildman–Crippen MR) is 41.8 cm³/mol. The molecule has 2 aliphatic heterocycles. The largest absolute Gasteiger partial charge is 0.394 e. The lowest BCUT2D eigenvalue weighted by Crippen LogP contribution is -2.36. The van der Waals surface area contributed by atoms with Crippen LogP contribution in [0.1, 0.15) is 13.8 Å². The second-order valence-electron chi connectivity index (χ2n) is 3.82. The van der Waals surface area contributed by atoms with E-state index in [1.165, 1.54) is 0 Å². The molecule has 4 unspecified atom stereocenters. The van der Waals surface area contributed by atoms with Gasteiger partial charge in [-0.1, -0.05) is 0 Å². The summed E-state index contributed by atoms with van der Waals surface area (Å²) in [7, 11) is 0. The van der Waals surface area contributed by atoms with Gasteiger partial charge in [0.15, 0.2) is 12.1 Å². The number of aliphatic hydroxyl groups is 2. The fraction of sp³-hybridized carbons (Fsp3) is 1.00. The second-order valence-corrected chi connectivity index (χ2v) is 3.82. The fourth-order valence-corrected chi connectivity index (χ4v) is 1.71. The molecular formula is C8H14O5. The number of hydrogen-bond donors (Lipinski definition) is 2. The van der Waals surface area contributed by atoms with Crippen LogP contribution in [0.3, 0.4) is 0 Å². The van der Waals surface area contributed by atoms with Crippen LogP contribution >= 0.6 is 0 Å². The third-order valence-corrected chi connectivity index (χ3v) is 2.29. The van der Waals surface area contributed by atoms with Gasteiger partial charge in [-0.05, 0) is 13.8 Å². The zero-order chi connectivity index (χ0) is 9.64. The Morgan fingerprint density at radius 3 is 2.54 bits per heavy atom. The van der Waals surface area contributed by atoms with Gasteiger partial charge in [-0.25, -0.2) is 0 Å². The molecule has 13 heavy (non-hydrogen) atoms. The van der Waals surface area contributed by atoms with E-state index < -0.39 is 30.4 Å². The Kier molecular flexibility index (Phi) is 2.08. The molecule has 0 aromatic carbocycles. The summed E-state index contributed by atoms with van der Waals surface area (Å²) in [5, 5.41) is 18.4. The maximum Gasteiger partial charge on any atom is 0.190 e. The van der Waals surface area contributed by atoms with Crippen molar-refractivity contribution in [3.05, 3.63) is 0 Å². The second kappa shape index (κ2) is 2.90. The summed E-state index contributed by atoms with van der Waals surface area (Å²) in [4.78, 5) is 0. The Morgan fingerprint density at radius 1 is 1.31 bits per heavy atom. The van der Waals surface area contributed by atoms with E-state index in [1.807, 2.05) is 0 Å². The molecule has 0 radical (unpaired) electrons. The van der Waals surface area contributed by atoms with Crippen LogP contribution in [0.5, 0.6) is 0 Å². The molecule has 76 valence electrons. The van der Waals surface area contributed by atoms with Gasteiger partial charge in [0.1, 0.15) is 18.3 Å². The highest BCUT2D eigenvalue weighted by molar-refractivity contribution is 4.92. The van der Waals surface area contributed by atoms with E-state index in [4.69, 9.17) is 19.3 Å². The standard InChI is InChI=1S/C8H14O5/c1-8(2)12-6-5(10)4(3-9)11-7(6)13-8/h4-7,9-10H,3H2,1-2H3. The van der Waals surface area contributed by atoms with Crippen molar-refractivity contribution in [3.8, 4) is 0 Å². The number of rotatable bonds is 1. The van der Waals surface area contributed by atoms with Crippen LogP contribution in [-0.2, 0) is 14.2 Å². The van der Waals surface area contributed by atoms with Gasteiger partial charge in [0, 0.05) is 0 Å². The van der Waals surface area contributed by atoms with Crippen molar-refractivity contribution in [2.45, 2.75) is 44.2 Å². The van der Waals surface area contributed by atoms with E-state index >= 15 is 0 Å². The van der Waals surface area contributed by atoms with E-state index in [0.717, 1.165) is 0 Å². The molecule has 2 heterocycles. The van der Waals surface area contributed by atoms with Crippen molar-refractivity contribution in [1.29, 1.82) is 0 Å². The smallest absolute Gasteiger partial charge is 0.190 e. The molecule has 5 nitrogen and oxygen atoms in total. The Morgan fingerprint density at radius 2 is 2.00 bits per heavy atom. The lowest BCUT2D eigenvalue weighted by atomic mass is 10.1. The van der Waals surface area contributed by atoms with Crippen molar-refractivity contribution >= 4 is 0 Å². The van der Waals surface area contributed by atoms with Crippen molar-refractivity contribution in [2.24, 2.45) is 0 Å². The maximum atomic E-state index is 9.60.